The normalized spacial score (nSPS) is 13.1. The van der Waals surface area contributed by atoms with Gasteiger partial charge in [0.05, 0.1) is 4.90 Å². The third-order valence-electron chi connectivity index (χ3n) is 2.64. The van der Waals surface area contributed by atoms with Gasteiger partial charge in [0.15, 0.2) is 11.6 Å². The Morgan fingerprint density at radius 2 is 2.05 bits per heavy atom. The van der Waals surface area contributed by atoms with Gasteiger partial charge in [0.2, 0.25) is 10.0 Å². The summed E-state index contributed by atoms with van der Waals surface area (Å²) in [4.78, 5) is 10.5. The van der Waals surface area contributed by atoms with Crippen LogP contribution in [0.15, 0.2) is 23.1 Å². The highest BCUT2D eigenvalue weighted by atomic mass is 32.2. The highest BCUT2D eigenvalue weighted by molar-refractivity contribution is 7.89. The molecule has 0 spiro atoms. The van der Waals surface area contributed by atoms with Gasteiger partial charge in [0, 0.05) is 13.7 Å². The molecule has 9 heteroatoms. The Bertz CT molecular complexity index is 606. The molecule has 0 radical (unpaired) electrons. The summed E-state index contributed by atoms with van der Waals surface area (Å²) >= 11 is 0. The van der Waals surface area contributed by atoms with Gasteiger partial charge in [0.1, 0.15) is 6.04 Å². The molecule has 1 unspecified atom stereocenters. The van der Waals surface area contributed by atoms with Crippen molar-refractivity contribution in [3.05, 3.63) is 29.8 Å². The van der Waals surface area contributed by atoms with Crippen LogP contribution in [0.1, 0.15) is 12.8 Å². The molecule has 0 amide bonds. The van der Waals surface area contributed by atoms with E-state index < -0.39 is 38.6 Å². The number of rotatable bonds is 8. The monoisotopic (exact) mass is 323 g/mol. The Kier molecular flexibility index (Phi) is 6.19. The highest BCUT2D eigenvalue weighted by Crippen LogP contribution is 2.15. The van der Waals surface area contributed by atoms with Crippen molar-refractivity contribution in [1.82, 2.24) is 4.72 Å². The molecule has 1 aromatic carbocycles. The molecule has 118 valence electrons. The van der Waals surface area contributed by atoms with Crippen LogP contribution < -0.4 is 4.72 Å². The minimum Gasteiger partial charge on any atom is -0.480 e. The molecule has 0 aliphatic carbocycles. The lowest BCUT2D eigenvalue weighted by atomic mass is 10.2. The summed E-state index contributed by atoms with van der Waals surface area (Å²) in [5.74, 6) is -3.88. The summed E-state index contributed by atoms with van der Waals surface area (Å²) in [5, 5.41) is 8.98. The predicted octanol–water partition coefficient (Wildman–Crippen LogP) is 1.12. The SMILES string of the molecule is COCCCC(NS(=O)(=O)c1ccc(F)c(F)c1)C(=O)O. The zero-order valence-corrected chi connectivity index (χ0v) is 12.0. The number of methoxy groups -OCH3 is 1. The Labute approximate surface area is 120 Å². The van der Waals surface area contributed by atoms with Crippen LogP contribution in [0.25, 0.3) is 0 Å². The maximum atomic E-state index is 13.1. The van der Waals surface area contributed by atoms with E-state index in [2.05, 4.69) is 0 Å². The van der Waals surface area contributed by atoms with Gasteiger partial charge in [-0.2, -0.15) is 4.72 Å². The third kappa shape index (κ3) is 5.03. The minimum absolute atomic E-state index is 0.00603. The number of carboxylic acids is 1. The Morgan fingerprint density at radius 3 is 2.57 bits per heavy atom. The number of ether oxygens (including phenoxy) is 1. The van der Waals surface area contributed by atoms with E-state index in [4.69, 9.17) is 9.84 Å². The standard InChI is InChI=1S/C12H15F2NO5S/c1-20-6-2-3-11(12(16)17)15-21(18,19)8-4-5-9(13)10(14)7-8/h4-5,7,11,15H,2-3,6H2,1H3,(H,16,17). The highest BCUT2D eigenvalue weighted by Gasteiger charge is 2.25. The molecule has 2 N–H and O–H groups in total. The summed E-state index contributed by atoms with van der Waals surface area (Å²) in [6.45, 7) is 0.274. The first kappa shape index (κ1) is 17.5. The van der Waals surface area contributed by atoms with Crippen molar-refractivity contribution in [2.45, 2.75) is 23.8 Å². The van der Waals surface area contributed by atoms with Gasteiger partial charge in [-0.1, -0.05) is 0 Å². The molecule has 0 bridgehead atoms. The van der Waals surface area contributed by atoms with Crippen molar-refractivity contribution < 1.29 is 31.8 Å². The lowest BCUT2D eigenvalue weighted by Crippen LogP contribution is -2.40. The van der Waals surface area contributed by atoms with Crippen LogP contribution in [0, 0.1) is 11.6 Å². The molecule has 0 aliphatic rings. The number of nitrogens with one attached hydrogen (secondary N) is 1. The first-order valence-electron chi connectivity index (χ1n) is 5.97. The zero-order chi connectivity index (χ0) is 16.0. The van der Waals surface area contributed by atoms with Crippen molar-refractivity contribution in [1.29, 1.82) is 0 Å². The summed E-state index contributed by atoms with van der Waals surface area (Å²) in [7, 11) is -2.83. The van der Waals surface area contributed by atoms with Crippen molar-refractivity contribution in [2.75, 3.05) is 13.7 Å². The summed E-state index contributed by atoms with van der Waals surface area (Å²) in [6, 6.07) is 0.628. The Balaban J connectivity index is 2.89. The smallest absolute Gasteiger partial charge is 0.321 e. The number of sulfonamides is 1. The Morgan fingerprint density at radius 1 is 1.38 bits per heavy atom. The number of carbonyl (C=O) groups is 1. The van der Waals surface area contributed by atoms with Crippen LogP contribution >= 0.6 is 0 Å². The van der Waals surface area contributed by atoms with E-state index >= 15 is 0 Å². The van der Waals surface area contributed by atoms with E-state index in [9.17, 15) is 22.0 Å². The minimum atomic E-state index is -4.26. The largest absolute Gasteiger partial charge is 0.480 e. The molecule has 0 saturated carbocycles. The Hall–Kier alpha value is -1.58. The van der Waals surface area contributed by atoms with Gasteiger partial charge in [-0.15, -0.1) is 0 Å². The molecule has 1 aromatic rings. The second-order valence-electron chi connectivity index (χ2n) is 4.22. The van der Waals surface area contributed by atoms with E-state index in [1.165, 1.54) is 7.11 Å². The molecule has 21 heavy (non-hydrogen) atoms. The third-order valence-corrected chi connectivity index (χ3v) is 4.11. The average Bonchev–Trinajstić information content (AvgIpc) is 2.40. The molecule has 0 saturated heterocycles. The van der Waals surface area contributed by atoms with Crippen LogP contribution in [0.5, 0.6) is 0 Å². The number of aliphatic carboxylic acids is 1. The van der Waals surface area contributed by atoms with Crippen LogP contribution in [-0.4, -0.2) is 39.3 Å². The maximum Gasteiger partial charge on any atom is 0.321 e. The van der Waals surface area contributed by atoms with Crippen LogP contribution in [0.4, 0.5) is 8.78 Å². The zero-order valence-electron chi connectivity index (χ0n) is 11.2. The molecule has 1 atom stereocenters. The van der Waals surface area contributed by atoms with Crippen LogP contribution in [0.2, 0.25) is 0 Å². The van der Waals surface area contributed by atoms with E-state index in [0.29, 0.717) is 18.6 Å². The maximum absolute atomic E-state index is 13.1. The lowest BCUT2D eigenvalue weighted by Gasteiger charge is -2.14. The molecular weight excluding hydrogens is 308 g/mol. The van der Waals surface area contributed by atoms with Crippen molar-refractivity contribution in [2.24, 2.45) is 0 Å². The fourth-order valence-corrected chi connectivity index (χ4v) is 2.80. The first-order valence-corrected chi connectivity index (χ1v) is 7.45. The topological polar surface area (TPSA) is 92.7 Å². The summed E-state index contributed by atoms with van der Waals surface area (Å²) in [6.07, 6.45) is 0.333. The van der Waals surface area contributed by atoms with Crippen molar-refractivity contribution in [3.8, 4) is 0 Å². The van der Waals surface area contributed by atoms with Gasteiger partial charge in [0.25, 0.3) is 0 Å². The van der Waals surface area contributed by atoms with E-state index in [0.717, 1.165) is 6.07 Å². The number of halogens is 2. The van der Waals surface area contributed by atoms with Crippen LogP contribution in [0.3, 0.4) is 0 Å². The molecule has 0 fully saturated rings. The summed E-state index contributed by atoms with van der Waals surface area (Å²) in [5.41, 5.74) is 0. The second kappa shape index (κ2) is 7.43. The van der Waals surface area contributed by atoms with E-state index in [1.807, 2.05) is 4.72 Å². The molecule has 0 heterocycles. The van der Waals surface area contributed by atoms with Gasteiger partial charge >= 0.3 is 5.97 Å². The van der Waals surface area contributed by atoms with Crippen LogP contribution in [-0.2, 0) is 19.6 Å². The fraction of sp³-hybridized carbons (Fsp3) is 0.417. The number of carboxylic acid groups (broad SMARTS) is 1. The predicted molar refractivity (Wildman–Crippen MR) is 69.2 cm³/mol. The van der Waals surface area contributed by atoms with Gasteiger partial charge < -0.3 is 9.84 Å². The molecule has 0 aromatic heterocycles. The first-order chi connectivity index (χ1) is 9.77. The lowest BCUT2D eigenvalue weighted by molar-refractivity contribution is -0.139. The number of hydrogen-bond donors (Lipinski definition) is 2. The molecule has 0 aliphatic heterocycles. The van der Waals surface area contributed by atoms with E-state index in [1.54, 1.807) is 0 Å². The van der Waals surface area contributed by atoms with Gasteiger partial charge in [-0.25, -0.2) is 17.2 Å². The molecular formula is C12H15F2NO5S. The van der Waals surface area contributed by atoms with E-state index in [-0.39, 0.29) is 13.0 Å². The van der Waals surface area contributed by atoms with Crippen molar-refractivity contribution in [3.63, 3.8) is 0 Å². The van der Waals surface area contributed by atoms with Gasteiger partial charge in [-0.05, 0) is 31.0 Å². The summed E-state index contributed by atoms with van der Waals surface area (Å²) < 4.78 is 56.4. The molecule has 6 nitrogen and oxygen atoms in total. The molecule has 1 rings (SSSR count). The number of benzene rings is 1. The average molecular weight is 323 g/mol. The fourth-order valence-electron chi connectivity index (χ4n) is 1.56. The van der Waals surface area contributed by atoms with Gasteiger partial charge in [-0.3, -0.25) is 4.79 Å². The quantitative estimate of drug-likeness (QED) is 0.700. The van der Waals surface area contributed by atoms with Crippen molar-refractivity contribution >= 4 is 16.0 Å². The number of hydrogen-bond acceptors (Lipinski definition) is 4. The second-order valence-corrected chi connectivity index (χ2v) is 5.94.